The summed E-state index contributed by atoms with van der Waals surface area (Å²) in [5.74, 6) is -1.44. The summed E-state index contributed by atoms with van der Waals surface area (Å²) in [7, 11) is 0. The summed E-state index contributed by atoms with van der Waals surface area (Å²) in [5, 5.41) is 13.1. The fourth-order valence-electron chi connectivity index (χ4n) is 6.41. The number of hydrogen-bond donors (Lipinski definition) is 2. The van der Waals surface area contributed by atoms with Crippen molar-refractivity contribution in [3.05, 3.63) is 76.6 Å². The Balaban J connectivity index is 1.50. The monoisotopic (exact) mass is 559 g/mol. The van der Waals surface area contributed by atoms with E-state index in [0.29, 0.717) is 29.3 Å². The second kappa shape index (κ2) is 13.0. The number of fused-ring (bicyclic) bond motifs is 1. The summed E-state index contributed by atoms with van der Waals surface area (Å²) >= 11 is 0. The minimum atomic E-state index is -1.05. The number of hydrogen-bond acceptors (Lipinski definition) is 4. The van der Waals surface area contributed by atoms with Gasteiger partial charge in [0, 0.05) is 40.5 Å². The van der Waals surface area contributed by atoms with Crippen LogP contribution in [0.4, 0.5) is 0 Å². The maximum absolute atomic E-state index is 13.7. The summed E-state index contributed by atoms with van der Waals surface area (Å²) in [6, 6.07) is 13.6. The number of carbonyl (C=O) groups excluding carboxylic acids is 2. The quantitative estimate of drug-likeness (QED) is 0.240. The summed E-state index contributed by atoms with van der Waals surface area (Å²) in [6.07, 6.45) is 10.9. The Morgan fingerprint density at radius 1 is 1.00 bits per heavy atom. The van der Waals surface area contributed by atoms with Crippen LogP contribution in [0.1, 0.15) is 111 Å². The molecule has 1 saturated carbocycles. The van der Waals surface area contributed by atoms with Crippen molar-refractivity contribution in [1.82, 2.24) is 14.6 Å². The van der Waals surface area contributed by atoms with Crippen LogP contribution in [-0.4, -0.2) is 56.2 Å². The van der Waals surface area contributed by atoms with Gasteiger partial charge < -0.3 is 19.7 Å². The highest BCUT2D eigenvalue weighted by Gasteiger charge is 2.33. The van der Waals surface area contributed by atoms with Gasteiger partial charge in [0.2, 0.25) is 5.78 Å². The molecule has 220 valence electrons. The zero-order valence-electron chi connectivity index (χ0n) is 25.2. The molecule has 1 aromatic carbocycles. The number of carboxylic acids is 1. The summed E-state index contributed by atoms with van der Waals surface area (Å²) in [6.45, 7) is 9.70. The summed E-state index contributed by atoms with van der Waals surface area (Å²) in [4.78, 5) is 39.5. The van der Waals surface area contributed by atoms with Crippen LogP contribution >= 0.6 is 0 Å². The lowest BCUT2D eigenvalue weighted by Crippen LogP contribution is -2.46. The van der Waals surface area contributed by atoms with Crippen LogP contribution in [-0.2, 0) is 17.6 Å². The van der Waals surface area contributed by atoms with Crippen LogP contribution < -0.4 is 5.32 Å². The number of pyridine rings is 1. The van der Waals surface area contributed by atoms with E-state index in [4.69, 9.17) is 0 Å². The zero-order valence-corrected chi connectivity index (χ0v) is 25.2. The van der Waals surface area contributed by atoms with E-state index in [0.717, 1.165) is 23.9 Å². The average Bonchev–Trinajstić information content (AvgIpc) is 3.54. The molecular weight excluding hydrogens is 514 g/mol. The number of carboxylic acid groups (broad SMARTS) is 1. The largest absolute Gasteiger partial charge is 0.480 e. The highest BCUT2D eigenvalue weighted by molar-refractivity contribution is 6.10. The third kappa shape index (κ3) is 7.07. The Kier molecular flexibility index (Phi) is 9.69. The van der Waals surface area contributed by atoms with E-state index in [-0.39, 0.29) is 29.8 Å². The second-order valence-corrected chi connectivity index (χ2v) is 12.2. The van der Waals surface area contributed by atoms with Crippen LogP contribution in [0.25, 0.3) is 5.52 Å². The van der Waals surface area contributed by atoms with Gasteiger partial charge in [0.25, 0.3) is 5.91 Å². The number of aromatic nitrogens is 1. The third-order valence-corrected chi connectivity index (χ3v) is 8.38. The van der Waals surface area contributed by atoms with E-state index in [1.807, 2.05) is 29.5 Å². The maximum atomic E-state index is 13.7. The van der Waals surface area contributed by atoms with E-state index in [1.54, 1.807) is 32.2 Å². The molecule has 2 aromatic heterocycles. The van der Waals surface area contributed by atoms with E-state index >= 15 is 0 Å². The summed E-state index contributed by atoms with van der Waals surface area (Å²) < 4.78 is 1.84. The molecule has 0 saturated heterocycles. The Bertz CT molecular complexity index is 1380. The first-order valence-corrected chi connectivity index (χ1v) is 15.1. The van der Waals surface area contributed by atoms with Crippen molar-refractivity contribution < 1.29 is 19.5 Å². The second-order valence-electron chi connectivity index (χ2n) is 12.2. The van der Waals surface area contributed by atoms with Gasteiger partial charge in [-0.15, -0.1) is 0 Å². The standard InChI is InChI=1S/C34H45N3O4/c1-6-26-20-29-21-28(33(41)37(24(4)5)22-30(38)39)15-19-36(29)31(26)32(40)27-13-11-25(12-14-27)10-9-18-34(35-23(2)3)16-7-8-17-34/h11-15,19-21,23-24,35H,6-10,16-18,22H2,1-5H3,(H,38,39). The Labute approximate surface area is 243 Å². The lowest BCUT2D eigenvalue weighted by Gasteiger charge is -2.33. The minimum Gasteiger partial charge on any atom is -0.480 e. The van der Waals surface area contributed by atoms with Crippen LogP contribution in [0.3, 0.4) is 0 Å². The number of aryl methyl sites for hydroxylation is 2. The zero-order chi connectivity index (χ0) is 29.7. The molecular formula is C34H45N3O4. The van der Waals surface area contributed by atoms with Gasteiger partial charge >= 0.3 is 5.97 Å². The SMILES string of the molecule is CCc1cc2cc(C(=O)N(CC(=O)O)C(C)C)ccn2c1C(=O)c1ccc(CCCC2(NC(C)C)CCCC2)cc1. The Morgan fingerprint density at radius 2 is 1.68 bits per heavy atom. The van der Waals surface area contributed by atoms with Crippen LogP contribution in [0, 0.1) is 0 Å². The number of nitrogens with zero attached hydrogens (tertiary/aromatic N) is 2. The number of carbonyl (C=O) groups is 3. The molecule has 4 rings (SSSR count). The van der Waals surface area contributed by atoms with Gasteiger partial charge in [-0.05, 0) is 81.7 Å². The smallest absolute Gasteiger partial charge is 0.323 e. The minimum absolute atomic E-state index is 0.0480. The molecule has 0 radical (unpaired) electrons. The molecule has 0 spiro atoms. The fourth-order valence-corrected chi connectivity index (χ4v) is 6.41. The van der Waals surface area contributed by atoms with Crippen molar-refractivity contribution in [3.8, 4) is 0 Å². The number of ketones is 1. The number of benzene rings is 1. The first-order valence-electron chi connectivity index (χ1n) is 15.1. The number of aliphatic carboxylic acids is 1. The molecule has 2 N–H and O–H groups in total. The van der Waals surface area contributed by atoms with E-state index in [2.05, 4.69) is 31.3 Å². The fraction of sp³-hybridized carbons (Fsp3) is 0.500. The molecule has 7 heteroatoms. The van der Waals surface area contributed by atoms with Crippen LogP contribution in [0.2, 0.25) is 0 Å². The molecule has 3 aromatic rings. The van der Waals surface area contributed by atoms with Gasteiger partial charge in [0.15, 0.2) is 0 Å². The van der Waals surface area contributed by atoms with Crippen LogP contribution in [0.5, 0.6) is 0 Å². The van der Waals surface area contributed by atoms with Gasteiger partial charge in [-0.3, -0.25) is 14.4 Å². The molecule has 1 aliphatic rings. The van der Waals surface area contributed by atoms with Crippen molar-refractivity contribution in [1.29, 1.82) is 0 Å². The molecule has 0 aliphatic heterocycles. The van der Waals surface area contributed by atoms with Gasteiger partial charge in [-0.2, -0.15) is 0 Å². The molecule has 1 aliphatic carbocycles. The number of nitrogens with one attached hydrogen (secondary N) is 1. The van der Waals surface area contributed by atoms with Gasteiger partial charge in [-0.1, -0.05) is 57.9 Å². The third-order valence-electron chi connectivity index (χ3n) is 8.38. The molecule has 41 heavy (non-hydrogen) atoms. The van der Waals surface area contributed by atoms with Gasteiger partial charge in [0.05, 0.1) is 5.69 Å². The molecule has 1 fully saturated rings. The van der Waals surface area contributed by atoms with E-state index in [1.165, 1.54) is 42.6 Å². The average molecular weight is 560 g/mol. The lowest BCUT2D eigenvalue weighted by atomic mass is 9.89. The van der Waals surface area contributed by atoms with Crippen molar-refractivity contribution in [2.75, 3.05) is 6.54 Å². The number of rotatable bonds is 13. The van der Waals surface area contributed by atoms with Gasteiger partial charge in [-0.25, -0.2) is 0 Å². The summed E-state index contributed by atoms with van der Waals surface area (Å²) in [5.41, 5.74) is 4.82. The number of amides is 1. The first-order chi connectivity index (χ1) is 19.5. The topological polar surface area (TPSA) is 91.1 Å². The molecule has 1 amide bonds. The molecule has 0 bridgehead atoms. The Hall–Kier alpha value is -3.45. The predicted molar refractivity (Wildman–Crippen MR) is 163 cm³/mol. The normalized spacial score (nSPS) is 14.7. The van der Waals surface area contributed by atoms with Crippen molar-refractivity contribution in [2.24, 2.45) is 0 Å². The molecule has 0 atom stereocenters. The maximum Gasteiger partial charge on any atom is 0.323 e. The van der Waals surface area contributed by atoms with Gasteiger partial charge in [0.1, 0.15) is 6.54 Å². The molecule has 0 unspecified atom stereocenters. The van der Waals surface area contributed by atoms with Crippen molar-refractivity contribution in [3.63, 3.8) is 0 Å². The first kappa shape index (κ1) is 30.5. The lowest BCUT2D eigenvalue weighted by molar-refractivity contribution is -0.138. The highest BCUT2D eigenvalue weighted by atomic mass is 16.4. The van der Waals surface area contributed by atoms with E-state index in [9.17, 15) is 19.5 Å². The molecule has 7 nitrogen and oxygen atoms in total. The van der Waals surface area contributed by atoms with Crippen molar-refractivity contribution in [2.45, 2.75) is 104 Å². The predicted octanol–water partition coefficient (Wildman–Crippen LogP) is 6.30. The highest BCUT2D eigenvalue weighted by Crippen LogP contribution is 2.34. The van der Waals surface area contributed by atoms with E-state index < -0.39 is 5.97 Å². The Morgan fingerprint density at radius 3 is 2.27 bits per heavy atom. The van der Waals surface area contributed by atoms with Crippen molar-refractivity contribution >= 4 is 23.2 Å². The van der Waals surface area contributed by atoms with Crippen LogP contribution in [0.15, 0.2) is 48.7 Å². The molecule has 2 heterocycles.